The summed E-state index contributed by atoms with van der Waals surface area (Å²) in [5, 5.41) is 10.1. The molecule has 1 saturated heterocycles. The Labute approximate surface area is 132 Å². The number of hydrogen-bond acceptors (Lipinski definition) is 2. The lowest BCUT2D eigenvalue weighted by atomic mass is 10.0. The normalized spacial score (nSPS) is 24.9. The third-order valence-electron chi connectivity index (χ3n) is 4.62. The fourth-order valence-corrected chi connectivity index (χ4v) is 3.12. The SMILES string of the molecule is C[NH+]1CCC([NH+](C)C[C@H](O)COCc2ccccc2F)CC1. The summed E-state index contributed by atoms with van der Waals surface area (Å²) in [5.41, 5.74) is 0.536. The van der Waals surface area contributed by atoms with Crippen molar-refractivity contribution >= 4 is 0 Å². The van der Waals surface area contributed by atoms with E-state index in [1.165, 1.54) is 36.9 Å². The largest absolute Gasteiger partial charge is 0.385 e. The number of ether oxygens (including phenoxy) is 1. The number of piperidine rings is 1. The first-order chi connectivity index (χ1) is 10.6. The number of quaternary nitrogens is 2. The van der Waals surface area contributed by atoms with Gasteiger partial charge in [0.05, 0.1) is 46.4 Å². The quantitative estimate of drug-likeness (QED) is 0.598. The molecule has 1 aliphatic heterocycles. The van der Waals surface area contributed by atoms with Gasteiger partial charge in [-0.05, 0) is 6.07 Å². The van der Waals surface area contributed by atoms with E-state index in [1.807, 2.05) is 0 Å². The zero-order valence-corrected chi connectivity index (χ0v) is 13.6. The zero-order chi connectivity index (χ0) is 15.9. The van der Waals surface area contributed by atoms with Crippen molar-refractivity contribution in [1.29, 1.82) is 0 Å². The van der Waals surface area contributed by atoms with Crippen LogP contribution >= 0.6 is 0 Å². The van der Waals surface area contributed by atoms with Gasteiger partial charge in [-0.15, -0.1) is 0 Å². The molecule has 22 heavy (non-hydrogen) atoms. The number of nitrogens with one attached hydrogen (secondary N) is 2. The summed E-state index contributed by atoms with van der Waals surface area (Å²) in [5.74, 6) is -0.256. The van der Waals surface area contributed by atoms with Gasteiger partial charge in [-0.3, -0.25) is 0 Å². The van der Waals surface area contributed by atoms with Crippen LogP contribution in [0.3, 0.4) is 0 Å². The maximum absolute atomic E-state index is 13.5. The number of aliphatic hydroxyl groups excluding tert-OH is 1. The van der Waals surface area contributed by atoms with Crippen LogP contribution in [0.25, 0.3) is 0 Å². The van der Waals surface area contributed by atoms with Crippen LogP contribution < -0.4 is 9.80 Å². The molecule has 1 aliphatic rings. The second-order valence-electron chi connectivity index (χ2n) is 6.54. The smallest absolute Gasteiger partial charge is 0.128 e. The van der Waals surface area contributed by atoms with Gasteiger partial charge in [-0.1, -0.05) is 18.2 Å². The van der Waals surface area contributed by atoms with Crippen LogP contribution in [0.1, 0.15) is 18.4 Å². The van der Waals surface area contributed by atoms with Crippen LogP contribution in [0.2, 0.25) is 0 Å². The van der Waals surface area contributed by atoms with E-state index in [0.717, 1.165) is 0 Å². The predicted molar refractivity (Wildman–Crippen MR) is 83.5 cm³/mol. The lowest BCUT2D eigenvalue weighted by Crippen LogP contribution is -3.18. The number of rotatable bonds is 7. The number of benzene rings is 1. The molecule has 0 spiro atoms. The van der Waals surface area contributed by atoms with Crippen LogP contribution in [0, 0.1) is 5.82 Å². The molecule has 1 aromatic carbocycles. The molecule has 1 fully saturated rings. The van der Waals surface area contributed by atoms with E-state index in [0.29, 0.717) is 18.2 Å². The van der Waals surface area contributed by atoms with Crippen LogP contribution in [0.15, 0.2) is 24.3 Å². The Bertz CT molecular complexity index is 450. The fourth-order valence-electron chi connectivity index (χ4n) is 3.12. The van der Waals surface area contributed by atoms with E-state index in [1.54, 1.807) is 23.1 Å². The van der Waals surface area contributed by atoms with Crippen LogP contribution in [-0.4, -0.2) is 57.6 Å². The highest BCUT2D eigenvalue weighted by atomic mass is 19.1. The van der Waals surface area contributed by atoms with Gasteiger partial charge in [0, 0.05) is 18.4 Å². The van der Waals surface area contributed by atoms with Crippen molar-refractivity contribution in [3.05, 3.63) is 35.6 Å². The van der Waals surface area contributed by atoms with Crippen molar-refractivity contribution in [2.45, 2.75) is 31.6 Å². The average Bonchev–Trinajstić information content (AvgIpc) is 2.50. The fraction of sp³-hybridized carbons (Fsp3) is 0.647. The standard InChI is InChI=1S/C17H27FN2O2/c1-19-9-7-15(8-10-19)20(2)11-16(21)13-22-12-14-5-3-4-6-17(14)18/h3-6,15-16,21H,7-13H2,1-2H3/p+2/t16-/m0/s1. The molecule has 0 aliphatic carbocycles. The number of likely N-dealkylation sites (N-methyl/N-ethyl adjacent to an activating group) is 1. The van der Waals surface area contributed by atoms with Crippen molar-refractivity contribution in [3.63, 3.8) is 0 Å². The molecule has 5 heteroatoms. The molecular formula is C17H29FN2O2+2. The van der Waals surface area contributed by atoms with Gasteiger partial charge in [0.1, 0.15) is 18.5 Å². The topological polar surface area (TPSA) is 38.3 Å². The molecule has 1 heterocycles. The Hall–Kier alpha value is -1.01. The summed E-state index contributed by atoms with van der Waals surface area (Å²) in [4.78, 5) is 2.97. The van der Waals surface area contributed by atoms with Gasteiger partial charge in [-0.25, -0.2) is 4.39 Å². The lowest BCUT2D eigenvalue weighted by Gasteiger charge is -2.31. The van der Waals surface area contributed by atoms with Gasteiger partial charge in [0.25, 0.3) is 0 Å². The molecule has 0 aromatic heterocycles. The molecule has 0 bridgehead atoms. The third kappa shape index (κ3) is 5.32. The minimum atomic E-state index is -0.501. The monoisotopic (exact) mass is 312 g/mol. The molecule has 4 nitrogen and oxygen atoms in total. The summed E-state index contributed by atoms with van der Waals surface area (Å²) in [6.07, 6.45) is 1.92. The first kappa shape index (κ1) is 17.3. The van der Waals surface area contributed by atoms with Crippen molar-refractivity contribution in [2.75, 3.05) is 40.3 Å². The average molecular weight is 312 g/mol. The van der Waals surface area contributed by atoms with E-state index in [9.17, 15) is 9.50 Å². The Morgan fingerprint density at radius 2 is 2.05 bits per heavy atom. The van der Waals surface area contributed by atoms with Crippen LogP contribution in [-0.2, 0) is 11.3 Å². The second-order valence-corrected chi connectivity index (χ2v) is 6.54. The maximum Gasteiger partial charge on any atom is 0.128 e. The second kappa shape index (κ2) is 8.58. The first-order valence-corrected chi connectivity index (χ1v) is 8.19. The number of likely N-dealkylation sites (tertiary alicyclic amines) is 1. The van der Waals surface area contributed by atoms with Crippen LogP contribution in [0.5, 0.6) is 0 Å². The van der Waals surface area contributed by atoms with Crippen molar-refractivity contribution in [3.8, 4) is 0 Å². The molecule has 0 radical (unpaired) electrons. The maximum atomic E-state index is 13.5. The summed E-state index contributed by atoms with van der Waals surface area (Å²) in [7, 11) is 4.38. The first-order valence-electron chi connectivity index (χ1n) is 8.19. The van der Waals surface area contributed by atoms with Crippen molar-refractivity contribution < 1.29 is 24.0 Å². The van der Waals surface area contributed by atoms with Gasteiger partial charge in [0.2, 0.25) is 0 Å². The molecule has 0 amide bonds. The van der Waals surface area contributed by atoms with Gasteiger partial charge < -0.3 is 19.6 Å². The molecule has 1 aromatic rings. The highest BCUT2D eigenvalue weighted by Gasteiger charge is 2.27. The summed E-state index contributed by atoms with van der Waals surface area (Å²) >= 11 is 0. The van der Waals surface area contributed by atoms with Crippen molar-refractivity contribution in [1.82, 2.24) is 0 Å². The minimum absolute atomic E-state index is 0.209. The molecule has 3 N–H and O–H groups in total. The van der Waals surface area contributed by atoms with E-state index in [4.69, 9.17) is 4.74 Å². The highest BCUT2D eigenvalue weighted by Crippen LogP contribution is 2.07. The van der Waals surface area contributed by atoms with E-state index < -0.39 is 6.10 Å². The van der Waals surface area contributed by atoms with Gasteiger partial charge >= 0.3 is 0 Å². The molecule has 0 saturated carbocycles. The summed E-state index contributed by atoms with van der Waals surface area (Å²) < 4.78 is 18.9. The van der Waals surface area contributed by atoms with E-state index in [-0.39, 0.29) is 19.0 Å². The summed E-state index contributed by atoms with van der Waals surface area (Å²) in [6, 6.07) is 7.22. The number of halogens is 1. The van der Waals surface area contributed by atoms with E-state index >= 15 is 0 Å². The molecule has 2 atom stereocenters. The number of hydrogen-bond donors (Lipinski definition) is 3. The molecule has 2 rings (SSSR count). The van der Waals surface area contributed by atoms with Gasteiger partial charge in [0.15, 0.2) is 0 Å². The zero-order valence-electron chi connectivity index (χ0n) is 13.6. The van der Waals surface area contributed by atoms with Gasteiger partial charge in [-0.2, -0.15) is 0 Å². The van der Waals surface area contributed by atoms with Crippen molar-refractivity contribution in [2.24, 2.45) is 0 Å². The Balaban J connectivity index is 1.67. The Morgan fingerprint density at radius 1 is 1.36 bits per heavy atom. The lowest BCUT2D eigenvalue weighted by molar-refractivity contribution is -0.941. The Kier molecular flexibility index (Phi) is 6.76. The third-order valence-corrected chi connectivity index (χ3v) is 4.62. The molecule has 1 unspecified atom stereocenters. The molecule has 124 valence electrons. The van der Waals surface area contributed by atoms with Crippen LogP contribution in [0.4, 0.5) is 4.39 Å². The number of aliphatic hydroxyl groups is 1. The minimum Gasteiger partial charge on any atom is -0.385 e. The van der Waals surface area contributed by atoms with E-state index in [2.05, 4.69) is 14.1 Å². The molecular weight excluding hydrogens is 283 g/mol. The Morgan fingerprint density at radius 3 is 2.73 bits per heavy atom. The highest BCUT2D eigenvalue weighted by molar-refractivity contribution is 5.16. The predicted octanol–water partition coefficient (Wildman–Crippen LogP) is -1.10. The summed E-state index contributed by atoms with van der Waals surface area (Å²) in [6.45, 7) is 3.56.